The first kappa shape index (κ1) is 18.5. The number of hydrogen-bond donors (Lipinski definition) is 1. The molecule has 1 amide bonds. The number of fused-ring (bicyclic) bond motifs is 1. The molecule has 0 unspecified atom stereocenters. The lowest BCUT2D eigenvalue weighted by molar-refractivity contribution is -0.137. The highest BCUT2D eigenvalue weighted by Gasteiger charge is 2.30. The molecule has 27 heavy (non-hydrogen) atoms. The summed E-state index contributed by atoms with van der Waals surface area (Å²) in [6.07, 6.45) is -4.47. The number of halogens is 3. The Hall–Kier alpha value is -3.29. The van der Waals surface area contributed by atoms with Crippen molar-refractivity contribution in [1.29, 1.82) is 0 Å². The topological polar surface area (TPSA) is 68.5 Å². The lowest BCUT2D eigenvalue weighted by Crippen LogP contribution is -2.20. The zero-order chi connectivity index (χ0) is 19.6. The van der Waals surface area contributed by atoms with Gasteiger partial charge in [0.1, 0.15) is 5.56 Å². The summed E-state index contributed by atoms with van der Waals surface area (Å²) >= 11 is 0. The van der Waals surface area contributed by atoms with Gasteiger partial charge in [-0.2, -0.15) is 13.2 Å². The van der Waals surface area contributed by atoms with Crippen molar-refractivity contribution in [2.45, 2.75) is 13.1 Å². The number of alkyl halides is 3. The Kier molecular flexibility index (Phi) is 4.89. The molecule has 3 aromatic rings. The Bertz CT molecular complexity index is 1040. The van der Waals surface area contributed by atoms with Crippen molar-refractivity contribution in [3.05, 3.63) is 70.1 Å². The van der Waals surface area contributed by atoms with Gasteiger partial charge in [0, 0.05) is 11.1 Å². The van der Waals surface area contributed by atoms with Gasteiger partial charge in [0.2, 0.25) is 0 Å². The van der Waals surface area contributed by atoms with Crippen LogP contribution in [0.15, 0.2) is 57.7 Å². The number of carbonyl (C=O) groups excluding carboxylic acids is 1. The van der Waals surface area contributed by atoms with Crippen LogP contribution < -0.4 is 15.7 Å². The average Bonchev–Trinajstić information content (AvgIpc) is 2.61. The predicted octanol–water partition coefficient (Wildman–Crippen LogP) is 4.46. The molecule has 0 saturated carbocycles. The molecule has 8 heteroatoms. The van der Waals surface area contributed by atoms with Crippen LogP contribution in [0.2, 0.25) is 0 Å². The lowest BCUT2D eigenvalue weighted by atomic mass is 10.1. The maximum absolute atomic E-state index is 12.6. The second-order valence-electron chi connectivity index (χ2n) is 5.58. The standard InChI is InChI=1S/C19H14F3NO4/c1-2-26-15-5-3-4-11-10-14(18(25)27-16(11)15)17(24)23-13-8-6-12(7-9-13)19(20,21)22/h3-10H,2H2,1H3,(H,23,24). The third-order valence-electron chi connectivity index (χ3n) is 3.74. The summed E-state index contributed by atoms with van der Waals surface area (Å²) < 4.78 is 48.3. The number of carbonyl (C=O) groups is 1. The van der Waals surface area contributed by atoms with Crippen molar-refractivity contribution >= 4 is 22.6 Å². The monoisotopic (exact) mass is 377 g/mol. The minimum atomic E-state index is -4.47. The van der Waals surface area contributed by atoms with E-state index in [4.69, 9.17) is 9.15 Å². The van der Waals surface area contributed by atoms with Crippen LogP contribution in [0.3, 0.4) is 0 Å². The zero-order valence-electron chi connectivity index (χ0n) is 14.1. The van der Waals surface area contributed by atoms with E-state index < -0.39 is 23.3 Å². The third kappa shape index (κ3) is 3.94. The summed E-state index contributed by atoms with van der Waals surface area (Å²) in [6, 6.07) is 10.2. The molecule has 2 aromatic carbocycles. The number of hydrogen-bond acceptors (Lipinski definition) is 4. The van der Waals surface area contributed by atoms with E-state index in [-0.39, 0.29) is 16.8 Å². The van der Waals surface area contributed by atoms with Crippen molar-refractivity contribution in [2.75, 3.05) is 11.9 Å². The maximum atomic E-state index is 12.6. The molecule has 0 saturated heterocycles. The number of nitrogens with one attached hydrogen (secondary N) is 1. The van der Waals surface area contributed by atoms with Gasteiger partial charge in [-0.25, -0.2) is 4.79 Å². The van der Waals surface area contributed by atoms with E-state index in [2.05, 4.69) is 5.32 Å². The van der Waals surface area contributed by atoms with Gasteiger partial charge in [0.05, 0.1) is 12.2 Å². The Morgan fingerprint density at radius 2 is 1.85 bits per heavy atom. The summed E-state index contributed by atoms with van der Waals surface area (Å²) in [5.41, 5.74) is -1.64. The Morgan fingerprint density at radius 1 is 1.15 bits per heavy atom. The Morgan fingerprint density at radius 3 is 2.48 bits per heavy atom. The van der Waals surface area contributed by atoms with Gasteiger partial charge in [-0.05, 0) is 43.3 Å². The number of rotatable bonds is 4. The number of anilines is 1. The van der Waals surface area contributed by atoms with Gasteiger partial charge < -0.3 is 14.5 Å². The molecule has 0 aliphatic rings. The molecule has 0 radical (unpaired) electrons. The Labute approximate surface area is 151 Å². The van der Waals surface area contributed by atoms with E-state index in [1.807, 2.05) is 0 Å². The van der Waals surface area contributed by atoms with Crippen molar-refractivity contribution < 1.29 is 27.1 Å². The van der Waals surface area contributed by atoms with Gasteiger partial charge >= 0.3 is 11.8 Å². The number of para-hydroxylation sites is 1. The van der Waals surface area contributed by atoms with E-state index in [9.17, 15) is 22.8 Å². The SMILES string of the molecule is CCOc1cccc2cc(C(=O)Nc3ccc(C(F)(F)F)cc3)c(=O)oc12. The first-order chi connectivity index (χ1) is 12.8. The zero-order valence-corrected chi connectivity index (χ0v) is 14.1. The molecular formula is C19H14F3NO4. The molecule has 140 valence electrons. The fraction of sp³-hybridized carbons (Fsp3) is 0.158. The summed E-state index contributed by atoms with van der Waals surface area (Å²) in [5.74, 6) is -0.408. The van der Waals surface area contributed by atoms with Gasteiger partial charge in [-0.3, -0.25) is 4.79 Å². The Balaban J connectivity index is 1.90. The number of benzene rings is 2. The van der Waals surface area contributed by atoms with Crippen LogP contribution in [0.1, 0.15) is 22.8 Å². The molecule has 0 aliphatic heterocycles. The molecule has 0 fully saturated rings. The molecule has 0 bridgehead atoms. The second kappa shape index (κ2) is 7.14. The first-order valence-corrected chi connectivity index (χ1v) is 7.98. The average molecular weight is 377 g/mol. The van der Waals surface area contributed by atoms with E-state index in [0.717, 1.165) is 24.3 Å². The molecule has 1 aromatic heterocycles. The largest absolute Gasteiger partial charge is 0.490 e. The van der Waals surface area contributed by atoms with Crippen molar-refractivity contribution in [3.63, 3.8) is 0 Å². The molecule has 0 atom stereocenters. The van der Waals surface area contributed by atoms with Gasteiger partial charge in [-0.15, -0.1) is 0 Å². The summed E-state index contributed by atoms with van der Waals surface area (Å²) in [4.78, 5) is 24.5. The van der Waals surface area contributed by atoms with Crippen LogP contribution in [0, 0.1) is 0 Å². The van der Waals surface area contributed by atoms with Crippen molar-refractivity contribution in [1.82, 2.24) is 0 Å². The minimum Gasteiger partial charge on any atom is -0.490 e. The summed E-state index contributed by atoms with van der Waals surface area (Å²) in [7, 11) is 0. The predicted molar refractivity (Wildman–Crippen MR) is 93.1 cm³/mol. The van der Waals surface area contributed by atoms with E-state index in [1.165, 1.54) is 6.07 Å². The molecular weight excluding hydrogens is 363 g/mol. The first-order valence-electron chi connectivity index (χ1n) is 7.98. The quantitative estimate of drug-likeness (QED) is 0.682. The van der Waals surface area contributed by atoms with Crippen LogP contribution in [-0.2, 0) is 6.18 Å². The normalized spacial score (nSPS) is 11.4. The number of ether oxygens (including phenoxy) is 1. The van der Waals surface area contributed by atoms with Crippen LogP contribution in [0.4, 0.5) is 18.9 Å². The van der Waals surface area contributed by atoms with Crippen LogP contribution in [-0.4, -0.2) is 12.5 Å². The second-order valence-corrected chi connectivity index (χ2v) is 5.58. The molecule has 5 nitrogen and oxygen atoms in total. The van der Waals surface area contributed by atoms with Crippen LogP contribution in [0.25, 0.3) is 11.0 Å². The molecule has 0 aliphatic carbocycles. The smallest absolute Gasteiger partial charge is 0.416 e. The van der Waals surface area contributed by atoms with Crippen LogP contribution in [0.5, 0.6) is 5.75 Å². The summed E-state index contributed by atoms with van der Waals surface area (Å²) in [5, 5.41) is 2.87. The minimum absolute atomic E-state index is 0.121. The molecule has 0 spiro atoms. The molecule has 1 heterocycles. The lowest BCUT2D eigenvalue weighted by Gasteiger charge is -2.09. The highest BCUT2D eigenvalue weighted by Crippen LogP contribution is 2.30. The highest BCUT2D eigenvalue weighted by atomic mass is 19.4. The maximum Gasteiger partial charge on any atom is 0.416 e. The molecule has 3 rings (SSSR count). The fourth-order valence-electron chi connectivity index (χ4n) is 2.49. The number of amides is 1. The summed E-state index contributed by atoms with van der Waals surface area (Å²) in [6.45, 7) is 2.15. The van der Waals surface area contributed by atoms with Gasteiger partial charge in [-0.1, -0.05) is 12.1 Å². The third-order valence-corrected chi connectivity index (χ3v) is 3.74. The van der Waals surface area contributed by atoms with Crippen molar-refractivity contribution in [2.24, 2.45) is 0 Å². The van der Waals surface area contributed by atoms with Gasteiger partial charge in [0.15, 0.2) is 11.3 Å². The molecule has 1 N–H and O–H groups in total. The fourth-order valence-corrected chi connectivity index (χ4v) is 2.49. The van der Waals surface area contributed by atoms with Crippen LogP contribution >= 0.6 is 0 Å². The van der Waals surface area contributed by atoms with Crippen molar-refractivity contribution in [3.8, 4) is 5.75 Å². The highest BCUT2D eigenvalue weighted by molar-refractivity contribution is 6.05. The van der Waals surface area contributed by atoms with E-state index in [1.54, 1.807) is 25.1 Å². The van der Waals surface area contributed by atoms with Gasteiger partial charge in [0.25, 0.3) is 5.91 Å². The van der Waals surface area contributed by atoms with E-state index >= 15 is 0 Å². The van der Waals surface area contributed by atoms with E-state index in [0.29, 0.717) is 17.7 Å².